The molecule has 1 heterocycles. The maximum absolute atomic E-state index is 12.4. The Morgan fingerprint density at radius 2 is 1.84 bits per heavy atom. The lowest BCUT2D eigenvalue weighted by atomic mass is 10.2. The van der Waals surface area contributed by atoms with Gasteiger partial charge in [0.15, 0.2) is 10.9 Å². The first-order chi connectivity index (χ1) is 12.0. The van der Waals surface area contributed by atoms with E-state index < -0.39 is 12.5 Å². The van der Waals surface area contributed by atoms with E-state index in [4.69, 9.17) is 16.6 Å². The van der Waals surface area contributed by atoms with Crippen LogP contribution in [0.1, 0.15) is 10.6 Å². The Bertz CT molecular complexity index is 894. The third-order valence-electron chi connectivity index (χ3n) is 3.23. The molecule has 25 heavy (non-hydrogen) atoms. The summed E-state index contributed by atoms with van der Waals surface area (Å²) in [5, 5.41) is 5.79. The van der Waals surface area contributed by atoms with Crippen LogP contribution >= 0.6 is 12.2 Å². The topological polar surface area (TPSA) is 63.5 Å². The number of hydrogen-bond acceptors (Lipinski definition) is 4. The molecule has 2 N–H and O–H groups in total. The largest absolute Gasteiger partial charge is 0.451 e. The van der Waals surface area contributed by atoms with Crippen LogP contribution in [-0.4, -0.2) is 17.6 Å². The number of fused-ring (bicyclic) bond motifs is 1. The summed E-state index contributed by atoms with van der Waals surface area (Å²) in [6.07, 6.45) is 0. The van der Waals surface area contributed by atoms with Crippen molar-refractivity contribution in [2.45, 2.75) is 6.61 Å². The number of thiocarbonyl (C=S) groups is 1. The Kier molecular flexibility index (Phi) is 4.90. The molecule has 0 atom stereocenters. The molecule has 0 unspecified atom stereocenters. The van der Waals surface area contributed by atoms with Gasteiger partial charge in [-0.15, -0.1) is 0 Å². The standard InChI is InChI=1S/C17H12F2N2O3S/c18-16(19)24-13-8-4-2-6-11(13)20-17(25)21-15(22)14-9-10-5-1-3-7-12(10)23-14/h1-9,16H,(H2,20,21,22,25). The van der Waals surface area contributed by atoms with E-state index in [1.54, 1.807) is 30.3 Å². The first kappa shape index (κ1) is 16.8. The van der Waals surface area contributed by atoms with E-state index in [0.717, 1.165) is 5.39 Å². The maximum atomic E-state index is 12.4. The number of rotatable bonds is 4. The Morgan fingerprint density at radius 3 is 2.60 bits per heavy atom. The summed E-state index contributed by atoms with van der Waals surface area (Å²) < 4.78 is 34.6. The molecular weight excluding hydrogens is 350 g/mol. The van der Waals surface area contributed by atoms with Gasteiger partial charge >= 0.3 is 6.61 Å². The first-order valence-corrected chi connectivity index (χ1v) is 7.58. The fraction of sp³-hybridized carbons (Fsp3) is 0.0588. The molecule has 1 aromatic heterocycles. The number of nitrogens with one attached hydrogen (secondary N) is 2. The van der Waals surface area contributed by atoms with Crippen LogP contribution < -0.4 is 15.4 Å². The van der Waals surface area contributed by atoms with Gasteiger partial charge in [0.05, 0.1) is 5.69 Å². The zero-order valence-electron chi connectivity index (χ0n) is 12.7. The van der Waals surface area contributed by atoms with Gasteiger partial charge in [-0.05, 0) is 36.5 Å². The first-order valence-electron chi connectivity index (χ1n) is 7.17. The van der Waals surface area contributed by atoms with Crippen LogP contribution in [0.2, 0.25) is 0 Å². The van der Waals surface area contributed by atoms with Crippen molar-refractivity contribution in [2.24, 2.45) is 0 Å². The lowest BCUT2D eigenvalue weighted by Gasteiger charge is -2.13. The Morgan fingerprint density at radius 1 is 1.12 bits per heavy atom. The van der Waals surface area contributed by atoms with Gasteiger partial charge < -0.3 is 14.5 Å². The minimum absolute atomic E-state index is 0.0734. The number of anilines is 1. The zero-order valence-corrected chi connectivity index (χ0v) is 13.5. The number of amides is 1. The average molecular weight is 362 g/mol. The van der Waals surface area contributed by atoms with Crippen molar-refractivity contribution < 1.29 is 22.7 Å². The molecular formula is C17H12F2N2O3S. The molecule has 0 fully saturated rings. The van der Waals surface area contributed by atoms with Gasteiger partial charge in [0.2, 0.25) is 0 Å². The van der Waals surface area contributed by atoms with Gasteiger partial charge in [-0.1, -0.05) is 30.3 Å². The van der Waals surface area contributed by atoms with Crippen LogP contribution in [0.4, 0.5) is 14.5 Å². The van der Waals surface area contributed by atoms with Crippen LogP contribution in [-0.2, 0) is 0 Å². The number of hydrogen-bond donors (Lipinski definition) is 2. The number of para-hydroxylation sites is 3. The molecule has 128 valence electrons. The van der Waals surface area contributed by atoms with E-state index in [2.05, 4.69) is 15.4 Å². The van der Waals surface area contributed by atoms with Gasteiger partial charge in [0.25, 0.3) is 5.91 Å². The molecule has 0 aliphatic rings. The van der Waals surface area contributed by atoms with Gasteiger partial charge in [0.1, 0.15) is 11.3 Å². The molecule has 0 saturated heterocycles. The number of benzene rings is 2. The SMILES string of the molecule is O=C(NC(=S)Nc1ccccc1OC(F)F)c1cc2ccccc2o1. The molecule has 8 heteroatoms. The van der Waals surface area contributed by atoms with Crippen LogP contribution in [0.15, 0.2) is 59.0 Å². The fourth-order valence-electron chi connectivity index (χ4n) is 2.18. The summed E-state index contributed by atoms with van der Waals surface area (Å²) in [5.41, 5.74) is 0.778. The van der Waals surface area contributed by atoms with Crippen LogP contribution in [0.5, 0.6) is 5.75 Å². The number of halogens is 2. The molecule has 3 rings (SSSR count). The average Bonchev–Trinajstić information content (AvgIpc) is 3.00. The van der Waals surface area contributed by atoms with E-state index in [1.165, 1.54) is 12.1 Å². The summed E-state index contributed by atoms with van der Waals surface area (Å²) in [5.74, 6) is -0.554. The zero-order chi connectivity index (χ0) is 17.8. The van der Waals surface area contributed by atoms with E-state index in [0.29, 0.717) is 5.58 Å². The van der Waals surface area contributed by atoms with Gasteiger partial charge in [0, 0.05) is 5.39 Å². The third-order valence-corrected chi connectivity index (χ3v) is 3.43. The summed E-state index contributed by atoms with van der Waals surface area (Å²) in [7, 11) is 0. The lowest BCUT2D eigenvalue weighted by Crippen LogP contribution is -2.34. The molecule has 0 saturated carbocycles. The Labute approximate surface area is 146 Å². The van der Waals surface area contributed by atoms with E-state index in [-0.39, 0.29) is 22.3 Å². The second-order valence-electron chi connectivity index (χ2n) is 4.93. The summed E-state index contributed by atoms with van der Waals surface area (Å²) in [6.45, 7) is -2.97. The molecule has 0 radical (unpaired) electrons. The van der Waals surface area contributed by atoms with Crippen molar-refractivity contribution in [1.82, 2.24) is 5.32 Å². The van der Waals surface area contributed by atoms with Gasteiger partial charge in [-0.3, -0.25) is 10.1 Å². The quantitative estimate of drug-likeness (QED) is 0.683. The second-order valence-corrected chi connectivity index (χ2v) is 5.34. The number of alkyl halides is 2. The van der Waals surface area contributed by atoms with Crippen molar-refractivity contribution in [3.8, 4) is 5.75 Å². The number of carbonyl (C=O) groups excluding carboxylic acids is 1. The number of ether oxygens (including phenoxy) is 1. The fourth-order valence-corrected chi connectivity index (χ4v) is 2.38. The summed E-state index contributed by atoms with van der Waals surface area (Å²) >= 11 is 5.04. The minimum atomic E-state index is -2.97. The lowest BCUT2D eigenvalue weighted by molar-refractivity contribution is -0.0493. The van der Waals surface area contributed by atoms with Crippen molar-refractivity contribution in [3.05, 3.63) is 60.4 Å². The van der Waals surface area contributed by atoms with Crippen molar-refractivity contribution in [3.63, 3.8) is 0 Å². The monoisotopic (exact) mass is 362 g/mol. The normalized spacial score (nSPS) is 10.7. The predicted octanol–water partition coefficient (Wildman–Crippen LogP) is 4.16. The van der Waals surface area contributed by atoms with Crippen molar-refractivity contribution >= 4 is 39.9 Å². The molecule has 0 bridgehead atoms. The molecule has 2 aromatic carbocycles. The highest BCUT2D eigenvalue weighted by atomic mass is 32.1. The predicted molar refractivity (Wildman–Crippen MR) is 93.0 cm³/mol. The smallest absolute Gasteiger partial charge is 0.387 e. The van der Waals surface area contributed by atoms with Crippen molar-refractivity contribution in [2.75, 3.05) is 5.32 Å². The summed E-state index contributed by atoms with van der Waals surface area (Å²) in [4.78, 5) is 12.2. The highest BCUT2D eigenvalue weighted by molar-refractivity contribution is 7.80. The van der Waals surface area contributed by atoms with Crippen LogP contribution in [0.25, 0.3) is 11.0 Å². The number of carbonyl (C=O) groups is 1. The maximum Gasteiger partial charge on any atom is 0.387 e. The molecule has 5 nitrogen and oxygen atoms in total. The van der Waals surface area contributed by atoms with E-state index in [9.17, 15) is 13.6 Å². The molecule has 0 aliphatic carbocycles. The van der Waals surface area contributed by atoms with Gasteiger partial charge in [-0.25, -0.2) is 0 Å². The minimum Gasteiger partial charge on any atom is -0.451 e. The van der Waals surface area contributed by atoms with E-state index in [1.807, 2.05) is 12.1 Å². The molecule has 1 amide bonds. The van der Waals surface area contributed by atoms with Crippen LogP contribution in [0, 0.1) is 0 Å². The van der Waals surface area contributed by atoms with Crippen LogP contribution in [0.3, 0.4) is 0 Å². The molecule has 3 aromatic rings. The molecule has 0 aliphatic heterocycles. The molecule has 0 spiro atoms. The Balaban J connectivity index is 1.69. The van der Waals surface area contributed by atoms with E-state index >= 15 is 0 Å². The highest BCUT2D eigenvalue weighted by Gasteiger charge is 2.15. The third kappa shape index (κ3) is 4.10. The van der Waals surface area contributed by atoms with Gasteiger partial charge in [-0.2, -0.15) is 8.78 Å². The second kappa shape index (κ2) is 7.27. The highest BCUT2D eigenvalue weighted by Crippen LogP contribution is 2.25. The Hall–Kier alpha value is -3.00. The van der Waals surface area contributed by atoms with Crippen molar-refractivity contribution in [1.29, 1.82) is 0 Å². The summed E-state index contributed by atoms with van der Waals surface area (Å²) in [6, 6.07) is 14.8. The number of furan rings is 1.